The largest absolute Gasteiger partial charge is 0.496 e. The van der Waals surface area contributed by atoms with Crippen LogP contribution in [0.2, 0.25) is 0 Å². The Labute approximate surface area is 143 Å². The number of aromatic nitrogens is 1. The number of rotatable bonds is 4. The number of H-pyrrole nitrogens is 1. The average Bonchev–Trinajstić information content (AvgIpc) is 3.03. The second-order valence-corrected chi connectivity index (χ2v) is 7.63. The Hall–Kier alpha value is -1.58. The number of carbonyl (C=O) groups excluding carboxylic acids is 1. The van der Waals surface area contributed by atoms with Crippen molar-refractivity contribution in [2.24, 2.45) is 5.41 Å². The maximum atomic E-state index is 12.6. The molecule has 0 spiro atoms. The number of nitrogens with one attached hydrogen (secondary N) is 1. The number of ether oxygens (including phenoxy) is 2. The standard InChI is InChI=1S/C18H23N2O3P/c1-22-15-9-14-12(8-16(15)24)13(10-19-14)17(21)23-11-18-2-5-20(6-3-18)7-4-18/h8-10,19H,2-7,11,24H2,1H3. The molecular formula is C18H23N2O3P. The number of hydrogen-bond donors (Lipinski definition) is 1. The van der Waals surface area contributed by atoms with Gasteiger partial charge >= 0.3 is 5.97 Å². The minimum atomic E-state index is -0.238. The topological polar surface area (TPSA) is 54.6 Å². The molecule has 3 fully saturated rings. The van der Waals surface area contributed by atoms with E-state index in [2.05, 4.69) is 19.1 Å². The molecule has 2 aromatic rings. The molecule has 1 aromatic heterocycles. The van der Waals surface area contributed by atoms with Crippen LogP contribution in [-0.2, 0) is 4.74 Å². The van der Waals surface area contributed by atoms with E-state index < -0.39 is 0 Å². The third-order valence-corrected chi connectivity index (χ3v) is 6.09. The summed E-state index contributed by atoms with van der Waals surface area (Å²) < 4.78 is 11.1. The Balaban J connectivity index is 1.52. The normalized spacial score (nSPS) is 25.8. The van der Waals surface area contributed by atoms with Crippen molar-refractivity contribution in [3.63, 3.8) is 0 Å². The second kappa shape index (κ2) is 6.05. The molecule has 128 valence electrons. The van der Waals surface area contributed by atoms with Crippen molar-refractivity contribution in [1.29, 1.82) is 0 Å². The number of hydrogen-bond acceptors (Lipinski definition) is 4. The molecule has 2 bridgehead atoms. The first-order valence-corrected chi connectivity index (χ1v) is 9.02. The van der Waals surface area contributed by atoms with Crippen LogP contribution in [0.3, 0.4) is 0 Å². The number of fused-ring (bicyclic) bond motifs is 4. The van der Waals surface area contributed by atoms with E-state index in [4.69, 9.17) is 9.47 Å². The Morgan fingerprint density at radius 3 is 2.67 bits per heavy atom. The van der Waals surface area contributed by atoms with Gasteiger partial charge in [0.15, 0.2) is 0 Å². The highest BCUT2D eigenvalue weighted by molar-refractivity contribution is 7.27. The molecule has 6 heteroatoms. The number of benzene rings is 1. The molecule has 0 radical (unpaired) electrons. The van der Waals surface area contributed by atoms with Crippen LogP contribution in [0.15, 0.2) is 18.3 Å². The third kappa shape index (κ3) is 2.70. The summed E-state index contributed by atoms with van der Waals surface area (Å²) in [6.45, 7) is 3.96. The van der Waals surface area contributed by atoms with E-state index in [9.17, 15) is 4.79 Å². The molecule has 1 atom stereocenters. The Morgan fingerprint density at radius 2 is 2.00 bits per heavy atom. The summed E-state index contributed by atoms with van der Waals surface area (Å²) in [5.41, 5.74) is 1.68. The zero-order valence-electron chi connectivity index (χ0n) is 13.9. The number of carbonyl (C=O) groups is 1. The molecule has 24 heavy (non-hydrogen) atoms. The first kappa shape index (κ1) is 15.9. The van der Waals surface area contributed by atoms with Crippen molar-refractivity contribution >= 4 is 31.4 Å². The maximum Gasteiger partial charge on any atom is 0.340 e. The molecule has 5 nitrogen and oxygen atoms in total. The van der Waals surface area contributed by atoms with E-state index in [1.807, 2.05) is 12.1 Å². The monoisotopic (exact) mass is 346 g/mol. The van der Waals surface area contributed by atoms with E-state index in [-0.39, 0.29) is 11.4 Å². The zero-order valence-corrected chi connectivity index (χ0v) is 15.1. The molecule has 5 rings (SSSR count). The van der Waals surface area contributed by atoms with Crippen molar-refractivity contribution in [2.45, 2.75) is 19.3 Å². The minimum absolute atomic E-state index is 0.200. The summed E-state index contributed by atoms with van der Waals surface area (Å²) in [6, 6.07) is 3.85. The number of esters is 1. The highest BCUT2D eigenvalue weighted by atomic mass is 31.0. The highest BCUT2D eigenvalue weighted by Gasteiger charge is 2.40. The van der Waals surface area contributed by atoms with Crippen LogP contribution in [0.5, 0.6) is 5.75 Å². The molecule has 0 saturated carbocycles. The predicted octanol–water partition coefficient (Wildman–Crippen LogP) is 2.32. The van der Waals surface area contributed by atoms with Crippen LogP contribution in [0, 0.1) is 5.41 Å². The molecule has 1 aromatic carbocycles. The number of piperidine rings is 3. The maximum absolute atomic E-state index is 12.6. The van der Waals surface area contributed by atoms with E-state index in [1.165, 1.54) is 0 Å². The molecule has 0 aliphatic carbocycles. The van der Waals surface area contributed by atoms with Crippen molar-refractivity contribution in [3.05, 3.63) is 23.9 Å². The summed E-state index contributed by atoms with van der Waals surface area (Å²) in [5.74, 6) is 0.542. The minimum Gasteiger partial charge on any atom is -0.496 e. The fourth-order valence-corrected chi connectivity index (χ4v) is 4.29. The van der Waals surface area contributed by atoms with E-state index in [0.717, 1.165) is 60.9 Å². The van der Waals surface area contributed by atoms with Gasteiger partial charge in [-0.3, -0.25) is 0 Å². The van der Waals surface area contributed by atoms with Crippen LogP contribution in [0.1, 0.15) is 29.6 Å². The van der Waals surface area contributed by atoms with E-state index >= 15 is 0 Å². The predicted molar refractivity (Wildman–Crippen MR) is 97.2 cm³/mol. The summed E-state index contributed by atoms with van der Waals surface area (Å²) >= 11 is 0. The van der Waals surface area contributed by atoms with Gasteiger partial charge in [-0.05, 0) is 45.0 Å². The van der Waals surface area contributed by atoms with Crippen molar-refractivity contribution in [1.82, 2.24) is 9.88 Å². The first-order valence-electron chi connectivity index (χ1n) is 8.44. The Morgan fingerprint density at radius 1 is 1.29 bits per heavy atom. The summed E-state index contributed by atoms with van der Waals surface area (Å²) in [7, 11) is 4.29. The third-order valence-electron chi connectivity index (χ3n) is 5.64. The summed E-state index contributed by atoms with van der Waals surface area (Å²) in [5, 5.41) is 1.80. The quantitative estimate of drug-likeness (QED) is 0.682. The average molecular weight is 346 g/mol. The zero-order chi connectivity index (χ0) is 16.7. The van der Waals surface area contributed by atoms with Crippen LogP contribution >= 0.6 is 9.24 Å². The van der Waals surface area contributed by atoms with Gasteiger partial charge in [0.25, 0.3) is 0 Å². The van der Waals surface area contributed by atoms with Gasteiger partial charge in [0, 0.05) is 28.4 Å². The van der Waals surface area contributed by atoms with Crippen LogP contribution < -0.4 is 10.0 Å². The lowest BCUT2D eigenvalue weighted by atomic mass is 9.73. The van der Waals surface area contributed by atoms with Crippen molar-refractivity contribution < 1.29 is 14.3 Å². The van der Waals surface area contributed by atoms with Gasteiger partial charge in [-0.15, -0.1) is 9.24 Å². The van der Waals surface area contributed by atoms with Gasteiger partial charge in [0.05, 0.1) is 24.8 Å². The molecule has 4 heterocycles. The van der Waals surface area contributed by atoms with Crippen LogP contribution in [0.25, 0.3) is 10.9 Å². The lowest BCUT2D eigenvalue weighted by Gasteiger charge is -2.47. The van der Waals surface area contributed by atoms with Crippen molar-refractivity contribution in [3.8, 4) is 5.75 Å². The molecule has 3 saturated heterocycles. The van der Waals surface area contributed by atoms with Gasteiger partial charge in [-0.2, -0.15) is 0 Å². The van der Waals surface area contributed by atoms with E-state index in [1.54, 1.807) is 13.3 Å². The summed E-state index contributed by atoms with van der Waals surface area (Å²) in [6.07, 6.45) is 5.15. The molecule has 3 aliphatic heterocycles. The van der Waals surface area contributed by atoms with Crippen LogP contribution in [0.4, 0.5) is 0 Å². The van der Waals surface area contributed by atoms with Gasteiger partial charge in [0.1, 0.15) is 5.75 Å². The van der Waals surface area contributed by atoms with Gasteiger partial charge < -0.3 is 19.4 Å². The van der Waals surface area contributed by atoms with Gasteiger partial charge in [-0.25, -0.2) is 4.79 Å². The molecule has 0 amide bonds. The van der Waals surface area contributed by atoms with E-state index in [0.29, 0.717) is 12.2 Å². The Bertz CT molecular complexity index is 764. The van der Waals surface area contributed by atoms with Crippen molar-refractivity contribution in [2.75, 3.05) is 33.4 Å². The second-order valence-electron chi connectivity index (χ2n) is 7.01. The molecule has 3 aliphatic rings. The lowest BCUT2D eigenvalue weighted by molar-refractivity contribution is -0.0304. The SMILES string of the molecule is COc1cc2[nH]cc(C(=O)OCC34CCN(CC3)CC4)c2cc1P. The van der Waals surface area contributed by atoms with Gasteiger partial charge in [-0.1, -0.05) is 0 Å². The fourth-order valence-electron chi connectivity index (χ4n) is 3.92. The first-order chi connectivity index (χ1) is 11.6. The fraction of sp³-hybridized carbons (Fsp3) is 0.500. The number of aromatic amines is 1. The van der Waals surface area contributed by atoms with Crippen LogP contribution in [-0.4, -0.2) is 49.2 Å². The smallest absolute Gasteiger partial charge is 0.340 e. The lowest BCUT2D eigenvalue weighted by Crippen LogP contribution is -2.50. The summed E-state index contributed by atoms with van der Waals surface area (Å²) in [4.78, 5) is 18.2. The number of nitrogens with zero attached hydrogens (tertiary/aromatic N) is 1. The highest BCUT2D eigenvalue weighted by Crippen LogP contribution is 2.40. The molecule has 1 unspecified atom stereocenters. The number of methoxy groups -OCH3 is 1. The molecular weight excluding hydrogens is 323 g/mol. The molecule has 1 N–H and O–H groups in total. The Kier molecular flexibility index (Phi) is 4.01. The van der Waals surface area contributed by atoms with Gasteiger partial charge in [0.2, 0.25) is 0 Å².